The normalized spacial score (nSPS) is 9.78. The summed E-state index contributed by atoms with van der Waals surface area (Å²) in [5.41, 5.74) is 2.08. The van der Waals surface area contributed by atoms with Gasteiger partial charge >= 0.3 is 5.97 Å². The van der Waals surface area contributed by atoms with Gasteiger partial charge in [0, 0.05) is 12.7 Å². The van der Waals surface area contributed by atoms with Crippen LogP contribution in [0.4, 0.5) is 0 Å². The Bertz CT molecular complexity index is 608. The van der Waals surface area contributed by atoms with Crippen molar-refractivity contribution in [2.75, 3.05) is 7.11 Å². The summed E-state index contributed by atoms with van der Waals surface area (Å²) in [5, 5.41) is 8.84. The van der Waals surface area contributed by atoms with Crippen molar-refractivity contribution in [3.8, 4) is 6.07 Å². The van der Waals surface area contributed by atoms with Crippen LogP contribution in [0.25, 0.3) is 0 Å². The van der Waals surface area contributed by atoms with Gasteiger partial charge in [-0.15, -0.1) is 0 Å². The standard InChI is InChI=1S/C14H12N2O2/c1-18-14(17)13-6-3-7-16(13)10-12-5-2-4-11(8-12)9-15/h2-8H,10H2,1H3. The molecule has 90 valence electrons. The third kappa shape index (κ3) is 2.41. The van der Waals surface area contributed by atoms with E-state index in [2.05, 4.69) is 6.07 Å². The first-order chi connectivity index (χ1) is 8.74. The summed E-state index contributed by atoms with van der Waals surface area (Å²) in [6, 6.07) is 12.9. The topological polar surface area (TPSA) is 55.0 Å². The summed E-state index contributed by atoms with van der Waals surface area (Å²) in [6.07, 6.45) is 1.81. The molecule has 0 N–H and O–H groups in total. The second kappa shape index (κ2) is 5.19. The number of hydrogen-bond acceptors (Lipinski definition) is 3. The summed E-state index contributed by atoms with van der Waals surface area (Å²) in [4.78, 5) is 11.5. The highest BCUT2D eigenvalue weighted by molar-refractivity contribution is 5.87. The number of rotatable bonds is 3. The largest absolute Gasteiger partial charge is 0.464 e. The Morgan fingerprint density at radius 3 is 2.94 bits per heavy atom. The third-order valence-corrected chi connectivity index (χ3v) is 2.63. The lowest BCUT2D eigenvalue weighted by Gasteiger charge is -2.08. The third-order valence-electron chi connectivity index (χ3n) is 2.63. The summed E-state index contributed by atoms with van der Waals surface area (Å²) >= 11 is 0. The molecule has 4 heteroatoms. The van der Waals surface area contributed by atoms with E-state index in [1.165, 1.54) is 7.11 Å². The van der Waals surface area contributed by atoms with Crippen molar-refractivity contribution in [3.05, 3.63) is 59.4 Å². The van der Waals surface area contributed by atoms with Crippen molar-refractivity contribution in [1.29, 1.82) is 5.26 Å². The van der Waals surface area contributed by atoms with Crippen LogP contribution in [0.5, 0.6) is 0 Å². The second-order valence-electron chi connectivity index (χ2n) is 3.83. The van der Waals surface area contributed by atoms with Crippen LogP contribution < -0.4 is 0 Å². The van der Waals surface area contributed by atoms with Crippen LogP contribution in [0.15, 0.2) is 42.6 Å². The van der Waals surface area contributed by atoms with Crippen molar-refractivity contribution in [1.82, 2.24) is 4.57 Å². The van der Waals surface area contributed by atoms with Gasteiger partial charge in [-0.3, -0.25) is 0 Å². The minimum absolute atomic E-state index is 0.364. The Kier molecular flexibility index (Phi) is 3.44. The molecule has 1 aromatic heterocycles. The number of benzene rings is 1. The number of esters is 1. The molecule has 2 rings (SSSR count). The van der Waals surface area contributed by atoms with Crippen molar-refractivity contribution in [2.45, 2.75) is 6.54 Å². The first-order valence-corrected chi connectivity index (χ1v) is 5.47. The molecule has 0 aliphatic rings. The average Bonchev–Trinajstić information content (AvgIpc) is 2.86. The zero-order valence-corrected chi connectivity index (χ0v) is 9.96. The molecule has 0 aliphatic heterocycles. The van der Waals surface area contributed by atoms with Crippen LogP contribution in [0.2, 0.25) is 0 Å². The molecule has 0 amide bonds. The molecule has 18 heavy (non-hydrogen) atoms. The lowest BCUT2D eigenvalue weighted by Crippen LogP contribution is -2.10. The van der Waals surface area contributed by atoms with E-state index in [0.717, 1.165) is 5.56 Å². The molecule has 0 fully saturated rings. The molecular weight excluding hydrogens is 228 g/mol. The van der Waals surface area contributed by atoms with Crippen molar-refractivity contribution >= 4 is 5.97 Å². The van der Waals surface area contributed by atoms with E-state index in [1.807, 2.05) is 18.3 Å². The number of ether oxygens (including phenoxy) is 1. The highest BCUT2D eigenvalue weighted by atomic mass is 16.5. The van der Waals surface area contributed by atoms with E-state index in [1.54, 1.807) is 28.8 Å². The number of nitrogens with zero attached hydrogens (tertiary/aromatic N) is 2. The van der Waals surface area contributed by atoms with Gasteiger partial charge in [0.25, 0.3) is 0 Å². The van der Waals surface area contributed by atoms with E-state index >= 15 is 0 Å². The maximum Gasteiger partial charge on any atom is 0.354 e. The predicted molar refractivity (Wildman–Crippen MR) is 66.0 cm³/mol. The molecule has 2 aromatic rings. The fraction of sp³-hybridized carbons (Fsp3) is 0.143. The fourth-order valence-corrected chi connectivity index (χ4v) is 1.78. The lowest BCUT2D eigenvalue weighted by molar-refractivity contribution is 0.0589. The van der Waals surface area contributed by atoms with Crippen molar-refractivity contribution in [3.63, 3.8) is 0 Å². The molecule has 0 bridgehead atoms. The Labute approximate surface area is 105 Å². The molecule has 0 unspecified atom stereocenters. The highest BCUT2D eigenvalue weighted by Gasteiger charge is 2.10. The molecule has 0 saturated heterocycles. The first kappa shape index (κ1) is 11.9. The lowest BCUT2D eigenvalue weighted by atomic mass is 10.1. The summed E-state index contributed by atoms with van der Waals surface area (Å²) in [6.45, 7) is 0.535. The Hall–Kier alpha value is -2.54. The molecule has 1 heterocycles. The van der Waals surface area contributed by atoms with Crippen LogP contribution in [0.3, 0.4) is 0 Å². The molecule has 0 saturated carbocycles. The monoisotopic (exact) mass is 240 g/mol. The van der Waals surface area contributed by atoms with Gasteiger partial charge in [0.1, 0.15) is 5.69 Å². The predicted octanol–water partition coefficient (Wildman–Crippen LogP) is 2.19. The van der Waals surface area contributed by atoms with Gasteiger partial charge in [-0.05, 0) is 29.8 Å². The van der Waals surface area contributed by atoms with Gasteiger partial charge < -0.3 is 9.30 Å². The zero-order valence-electron chi connectivity index (χ0n) is 9.96. The Balaban J connectivity index is 2.26. The minimum atomic E-state index is -0.364. The van der Waals surface area contributed by atoms with E-state index in [9.17, 15) is 4.79 Å². The highest BCUT2D eigenvalue weighted by Crippen LogP contribution is 2.10. The maximum atomic E-state index is 11.5. The molecular formula is C14H12N2O2. The fourth-order valence-electron chi connectivity index (χ4n) is 1.78. The van der Waals surface area contributed by atoms with Gasteiger partial charge in [0.05, 0.1) is 18.7 Å². The average molecular weight is 240 g/mol. The van der Waals surface area contributed by atoms with Gasteiger partial charge in [-0.25, -0.2) is 4.79 Å². The first-order valence-electron chi connectivity index (χ1n) is 5.47. The zero-order chi connectivity index (χ0) is 13.0. The van der Waals surface area contributed by atoms with Gasteiger partial charge in [-0.1, -0.05) is 12.1 Å². The molecule has 1 aromatic carbocycles. The van der Waals surface area contributed by atoms with Crippen LogP contribution in [-0.2, 0) is 11.3 Å². The molecule has 4 nitrogen and oxygen atoms in total. The molecule has 0 radical (unpaired) electrons. The van der Waals surface area contributed by atoms with E-state index < -0.39 is 0 Å². The second-order valence-corrected chi connectivity index (χ2v) is 3.83. The van der Waals surface area contributed by atoms with Gasteiger partial charge in [0.2, 0.25) is 0 Å². The summed E-state index contributed by atoms with van der Waals surface area (Å²) < 4.78 is 6.50. The Morgan fingerprint density at radius 2 is 2.22 bits per heavy atom. The summed E-state index contributed by atoms with van der Waals surface area (Å²) in [5.74, 6) is -0.364. The number of methoxy groups -OCH3 is 1. The van der Waals surface area contributed by atoms with Crippen molar-refractivity contribution in [2.24, 2.45) is 0 Å². The van der Waals surface area contributed by atoms with E-state index in [4.69, 9.17) is 10.00 Å². The van der Waals surface area contributed by atoms with Crippen molar-refractivity contribution < 1.29 is 9.53 Å². The quantitative estimate of drug-likeness (QED) is 0.773. The van der Waals surface area contributed by atoms with Crippen LogP contribution >= 0.6 is 0 Å². The van der Waals surface area contributed by atoms with E-state index in [-0.39, 0.29) is 5.97 Å². The molecule has 0 atom stereocenters. The number of hydrogen-bond donors (Lipinski definition) is 0. The van der Waals surface area contributed by atoms with Crippen LogP contribution in [0.1, 0.15) is 21.6 Å². The maximum absolute atomic E-state index is 11.5. The number of carbonyl (C=O) groups excluding carboxylic acids is 1. The van der Waals surface area contributed by atoms with Gasteiger partial charge in [0.15, 0.2) is 0 Å². The van der Waals surface area contributed by atoms with E-state index in [0.29, 0.717) is 17.8 Å². The summed E-state index contributed by atoms with van der Waals surface area (Å²) in [7, 11) is 1.36. The number of nitriles is 1. The van der Waals surface area contributed by atoms with Crippen LogP contribution in [-0.4, -0.2) is 17.6 Å². The smallest absolute Gasteiger partial charge is 0.354 e. The molecule has 0 spiro atoms. The Morgan fingerprint density at radius 1 is 1.39 bits per heavy atom. The number of aromatic nitrogens is 1. The number of carbonyl (C=O) groups is 1. The molecule has 0 aliphatic carbocycles. The minimum Gasteiger partial charge on any atom is -0.464 e. The SMILES string of the molecule is COC(=O)c1cccn1Cc1cccc(C#N)c1. The van der Waals surface area contributed by atoms with Gasteiger partial charge in [-0.2, -0.15) is 5.26 Å². The van der Waals surface area contributed by atoms with Crippen LogP contribution in [0, 0.1) is 11.3 Å².